The Morgan fingerprint density at radius 3 is 2.54 bits per heavy atom. The normalized spacial score (nSPS) is 14.8. The van der Waals surface area contributed by atoms with E-state index in [4.69, 9.17) is 10.00 Å². The second-order valence-corrected chi connectivity index (χ2v) is 6.28. The van der Waals surface area contributed by atoms with Crippen LogP contribution in [0.3, 0.4) is 0 Å². The van der Waals surface area contributed by atoms with Gasteiger partial charge in [0.2, 0.25) is 0 Å². The van der Waals surface area contributed by atoms with Crippen molar-refractivity contribution in [3.63, 3.8) is 0 Å². The zero-order valence-corrected chi connectivity index (χ0v) is 14.3. The van der Waals surface area contributed by atoms with E-state index in [0.717, 1.165) is 11.8 Å². The number of piperidine rings is 1. The Hall–Kier alpha value is -2.94. The molecule has 1 saturated heterocycles. The lowest BCUT2D eigenvalue weighted by Gasteiger charge is -2.34. The number of rotatable bonds is 4. The van der Waals surface area contributed by atoms with Gasteiger partial charge in [-0.05, 0) is 37.3 Å². The van der Waals surface area contributed by atoms with E-state index in [1.165, 1.54) is 19.1 Å². The molecule has 6 heteroatoms. The lowest BCUT2D eigenvalue weighted by atomic mass is 10.0. The number of nitriles is 1. The molecule has 1 fully saturated rings. The van der Waals surface area contributed by atoms with E-state index in [0.29, 0.717) is 37.1 Å². The summed E-state index contributed by atoms with van der Waals surface area (Å²) in [6.07, 6.45) is 1.07. The van der Waals surface area contributed by atoms with Crippen LogP contribution in [0.5, 0.6) is 5.75 Å². The van der Waals surface area contributed by atoms with Crippen LogP contribution < -0.4 is 9.64 Å². The van der Waals surface area contributed by atoms with Crippen molar-refractivity contribution in [2.45, 2.75) is 25.9 Å². The molecule has 26 heavy (non-hydrogen) atoms. The van der Waals surface area contributed by atoms with Crippen molar-refractivity contribution in [3.8, 4) is 11.8 Å². The summed E-state index contributed by atoms with van der Waals surface area (Å²) in [5.41, 5.74) is 1.81. The first kappa shape index (κ1) is 17.9. The number of carbonyl (C=O) groups is 1. The molecule has 134 valence electrons. The number of hydrogen-bond donors (Lipinski definition) is 0. The summed E-state index contributed by atoms with van der Waals surface area (Å²) in [6, 6.07) is 10.4. The number of ketones is 1. The summed E-state index contributed by atoms with van der Waals surface area (Å²) in [5, 5.41) is 9.11. The fraction of sp³-hybridized carbons (Fsp3) is 0.300. The van der Waals surface area contributed by atoms with Gasteiger partial charge in [-0.1, -0.05) is 0 Å². The molecule has 0 atom stereocenters. The van der Waals surface area contributed by atoms with Gasteiger partial charge in [-0.25, -0.2) is 8.78 Å². The van der Waals surface area contributed by atoms with E-state index in [9.17, 15) is 13.6 Å². The Bertz CT molecular complexity index is 869. The number of benzene rings is 2. The van der Waals surface area contributed by atoms with Gasteiger partial charge in [0.05, 0.1) is 11.6 Å². The maximum Gasteiger partial charge on any atom is 0.167 e. The van der Waals surface area contributed by atoms with E-state index in [-0.39, 0.29) is 17.6 Å². The van der Waals surface area contributed by atoms with Crippen LogP contribution in [0.25, 0.3) is 0 Å². The van der Waals surface area contributed by atoms with Crippen molar-refractivity contribution in [1.29, 1.82) is 5.26 Å². The van der Waals surface area contributed by atoms with E-state index < -0.39 is 11.6 Å². The van der Waals surface area contributed by atoms with Crippen LogP contribution >= 0.6 is 0 Å². The van der Waals surface area contributed by atoms with Crippen LogP contribution in [-0.4, -0.2) is 25.0 Å². The van der Waals surface area contributed by atoms with Gasteiger partial charge in [0, 0.05) is 43.2 Å². The number of nitrogens with zero attached hydrogens (tertiary/aromatic N) is 2. The van der Waals surface area contributed by atoms with Crippen LogP contribution in [0.1, 0.15) is 35.7 Å². The Morgan fingerprint density at radius 1 is 1.19 bits per heavy atom. The Kier molecular flexibility index (Phi) is 5.17. The first-order chi connectivity index (χ1) is 12.5. The Labute approximate surface area is 150 Å². The van der Waals surface area contributed by atoms with E-state index in [2.05, 4.69) is 6.07 Å². The highest BCUT2D eigenvalue weighted by atomic mass is 19.1. The molecule has 0 spiro atoms. The van der Waals surface area contributed by atoms with Gasteiger partial charge in [-0.15, -0.1) is 0 Å². The molecular weight excluding hydrogens is 338 g/mol. The topological polar surface area (TPSA) is 53.3 Å². The number of halogens is 2. The highest BCUT2D eigenvalue weighted by Crippen LogP contribution is 2.28. The van der Waals surface area contributed by atoms with Crippen molar-refractivity contribution < 1.29 is 18.3 Å². The van der Waals surface area contributed by atoms with Crippen molar-refractivity contribution >= 4 is 11.5 Å². The molecular formula is C20H18F2N2O2. The van der Waals surface area contributed by atoms with E-state index >= 15 is 0 Å². The molecule has 2 aromatic rings. The maximum absolute atomic E-state index is 13.7. The standard InChI is InChI=1S/C20H18F2N2O2/c1-13(25)17-4-2-14(12-23)10-19(17)24-8-6-16(7-9-24)26-20-5-3-15(21)11-18(20)22/h2-5,10-11,16H,6-9H2,1H3. The fourth-order valence-electron chi connectivity index (χ4n) is 3.13. The van der Waals surface area contributed by atoms with Gasteiger partial charge < -0.3 is 9.64 Å². The predicted octanol–water partition coefficient (Wildman–Crippen LogP) is 4.09. The monoisotopic (exact) mass is 356 g/mol. The molecule has 0 unspecified atom stereocenters. The molecule has 0 bridgehead atoms. The van der Waals surface area contributed by atoms with Crippen molar-refractivity contribution in [2.75, 3.05) is 18.0 Å². The van der Waals surface area contributed by atoms with E-state index in [1.54, 1.807) is 18.2 Å². The van der Waals surface area contributed by atoms with Crippen LogP contribution in [-0.2, 0) is 0 Å². The molecule has 4 nitrogen and oxygen atoms in total. The molecule has 1 aliphatic heterocycles. The zero-order valence-electron chi connectivity index (χ0n) is 14.3. The molecule has 1 heterocycles. The second-order valence-electron chi connectivity index (χ2n) is 6.28. The largest absolute Gasteiger partial charge is 0.487 e. The summed E-state index contributed by atoms with van der Waals surface area (Å²) >= 11 is 0. The van der Waals surface area contributed by atoms with Gasteiger partial charge in [-0.3, -0.25) is 4.79 Å². The summed E-state index contributed by atoms with van der Waals surface area (Å²) < 4.78 is 32.4. The Balaban J connectivity index is 1.71. The number of hydrogen-bond acceptors (Lipinski definition) is 4. The van der Waals surface area contributed by atoms with Gasteiger partial charge in [0.1, 0.15) is 11.9 Å². The highest BCUT2D eigenvalue weighted by Gasteiger charge is 2.24. The number of Topliss-reactive ketones (excluding diaryl/α,β-unsaturated/α-hetero) is 1. The number of ether oxygens (including phenoxy) is 1. The summed E-state index contributed by atoms with van der Waals surface area (Å²) in [4.78, 5) is 13.9. The minimum absolute atomic E-state index is 0.0424. The highest BCUT2D eigenvalue weighted by molar-refractivity contribution is 6.00. The van der Waals surface area contributed by atoms with Crippen molar-refractivity contribution in [2.24, 2.45) is 0 Å². The van der Waals surface area contributed by atoms with Gasteiger partial charge in [0.25, 0.3) is 0 Å². The summed E-state index contributed by atoms with van der Waals surface area (Å²) in [6.45, 7) is 2.73. The average molecular weight is 356 g/mol. The summed E-state index contributed by atoms with van der Waals surface area (Å²) in [7, 11) is 0. The van der Waals surface area contributed by atoms with Crippen molar-refractivity contribution in [3.05, 3.63) is 59.2 Å². The zero-order chi connectivity index (χ0) is 18.7. The molecule has 0 amide bonds. The minimum atomic E-state index is -0.715. The number of anilines is 1. The molecule has 1 aliphatic rings. The third-order valence-corrected chi connectivity index (χ3v) is 4.48. The quantitative estimate of drug-likeness (QED) is 0.775. The average Bonchev–Trinajstić information content (AvgIpc) is 2.64. The van der Waals surface area contributed by atoms with Crippen LogP contribution in [0.4, 0.5) is 14.5 Å². The first-order valence-corrected chi connectivity index (χ1v) is 8.39. The minimum Gasteiger partial charge on any atom is -0.487 e. The fourth-order valence-corrected chi connectivity index (χ4v) is 3.13. The lowest BCUT2D eigenvalue weighted by Crippen LogP contribution is -2.39. The van der Waals surface area contributed by atoms with Crippen LogP contribution in [0.15, 0.2) is 36.4 Å². The lowest BCUT2D eigenvalue weighted by molar-refractivity contribution is 0.101. The molecule has 0 N–H and O–H groups in total. The third kappa shape index (κ3) is 3.83. The second kappa shape index (κ2) is 7.52. The van der Waals surface area contributed by atoms with Gasteiger partial charge in [-0.2, -0.15) is 5.26 Å². The molecule has 0 radical (unpaired) electrons. The molecule has 2 aromatic carbocycles. The van der Waals surface area contributed by atoms with Crippen molar-refractivity contribution in [1.82, 2.24) is 0 Å². The molecule has 0 aliphatic carbocycles. The Morgan fingerprint density at radius 2 is 1.92 bits per heavy atom. The maximum atomic E-state index is 13.7. The molecule has 0 saturated carbocycles. The number of carbonyl (C=O) groups excluding carboxylic acids is 1. The van der Waals surface area contributed by atoms with E-state index in [1.807, 2.05) is 4.90 Å². The SMILES string of the molecule is CC(=O)c1ccc(C#N)cc1N1CCC(Oc2ccc(F)cc2F)CC1. The third-order valence-electron chi connectivity index (χ3n) is 4.48. The van der Waals surface area contributed by atoms with Gasteiger partial charge in [0.15, 0.2) is 17.3 Å². The van der Waals surface area contributed by atoms with Crippen LogP contribution in [0.2, 0.25) is 0 Å². The first-order valence-electron chi connectivity index (χ1n) is 8.39. The molecule has 0 aromatic heterocycles. The predicted molar refractivity (Wildman–Crippen MR) is 93.4 cm³/mol. The summed E-state index contributed by atoms with van der Waals surface area (Å²) in [5.74, 6) is -1.37. The van der Waals surface area contributed by atoms with Crippen LogP contribution in [0, 0.1) is 23.0 Å². The van der Waals surface area contributed by atoms with Gasteiger partial charge >= 0.3 is 0 Å². The molecule has 3 rings (SSSR count). The smallest absolute Gasteiger partial charge is 0.167 e.